The third-order valence-corrected chi connectivity index (χ3v) is 4.96. The molecule has 8 nitrogen and oxygen atoms in total. The van der Waals surface area contributed by atoms with E-state index in [0.717, 1.165) is 29.9 Å². The van der Waals surface area contributed by atoms with Crippen molar-refractivity contribution in [3.8, 4) is 0 Å². The number of hydrogen-bond donors (Lipinski definition) is 2. The molecule has 1 aliphatic heterocycles. The zero-order valence-corrected chi connectivity index (χ0v) is 15.6. The van der Waals surface area contributed by atoms with Crippen LogP contribution in [0.4, 0.5) is 5.95 Å². The number of nitrogens with one attached hydrogen (secondary N) is 1. The topological polar surface area (TPSA) is 98.2 Å². The number of hydrogen-bond acceptors (Lipinski definition) is 6. The van der Waals surface area contributed by atoms with Gasteiger partial charge in [-0.2, -0.15) is 5.10 Å². The first-order chi connectivity index (χ1) is 12.4. The average Bonchev–Trinajstić information content (AvgIpc) is 2.94. The molecule has 0 aromatic carbocycles. The van der Waals surface area contributed by atoms with Crippen LogP contribution in [0, 0.1) is 13.8 Å². The van der Waals surface area contributed by atoms with Gasteiger partial charge in [0.2, 0.25) is 11.9 Å². The summed E-state index contributed by atoms with van der Waals surface area (Å²) in [6, 6.07) is 1.77. The number of aryl methyl sites for hydroxylation is 2. The minimum absolute atomic E-state index is 0.0286. The summed E-state index contributed by atoms with van der Waals surface area (Å²) in [5.74, 6) is 0.586. The second-order valence-electron chi connectivity index (χ2n) is 7.14. The number of rotatable bonds is 5. The first-order valence-electron chi connectivity index (χ1n) is 8.87. The van der Waals surface area contributed by atoms with Crippen LogP contribution in [0.25, 0.3) is 0 Å². The van der Waals surface area contributed by atoms with Crippen LogP contribution in [0.1, 0.15) is 29.8 Å². The quantitative estimate of drug-likeness (QED) is 0.822. The maximum absolute atomic E-state index is 12.6. The van der Waals surface area contributed by atoms with Crippen LogP contribution in [-0.4, -0.2) is 68.4 Å². The number of nitrogens with zero attached hydrogens (tertiary/aromatic N) is 5. The summed E-state index contributed by atoms with van der Waals surface area (Å²) < 4.78 is 0. The molecular weight excluding hydrogens is 332 g/mol. The molecule has 1 saturated heterocycles. The van der Waals surface area contributed by atoms with Crippen LogP contribution >= 0.6 is 0 Å². The molecule has 1 fully saturated rings. The minimum atomic E-state index is -0.970. The van der Waals surface area contributed by atoms with Gasteiger partial charge in [0.15, 0.2) is 0 Å². The molecule has 26 heavy (non-hydrogen) atoms. The van der Waals surface area contributed by atoms with Gasteiger partial charge in [0.1, 0.15) is 0 Å². The number of β-amino-alcohol motifs (C(OH)–C–C–N with tert-alkyl or cyclic N) is 1. The Hall–Kier alpha value is -2.48. The van der Waals surface area contributed by atoms with E-state index in [-0.39, 0.29) is 18.9 Å². The van der Waals surface area contributed by atoms with Gasteiger partial charge < -0.3 is 14.9 Å². The maximum atomic E-state index is 12.6. The highest BCUT2D eigenvalue weighted by molar-refractivity contribution is 5.79. The number of carbonyl (C=O) groups excluding carboxylic acids is 1. The summed E-state index contributed by atoms with van der Waals surface area (Å²) in [5.41, 5.74) is 1.71. The predicted molar refractivity (Wildman–Crippen MR) is 97.8 cm³/mol. The normalized spacial score (nSPS) is 20.2. The zero-order chi connectivity index (χ0) is 18.7. The van der Waals surface area contributed by atoms with E-state index in [9.17, 15) is 9.90 Å². The third kappa shape index (κ3) is 4.01. The number of H-pyrrole nitrogens is 1. The van der Waals surface area contributed by atoms with Crippen molar-refractivity contribution in [1.29, 1.82) is 0 Å². The van der Waals surface area contributed by atoms with Crippen molar-refractivity contribution in [1.82, 2.24) is 25.1 Å². The van der Waals surface area contributed by atoms with Gasteiger partial charge >= 0.3 is 0 Å². The highest BCUT2D eigenvalue weighted by atomic mass is 16.3. The van der Waals surface area contributed by atoms with Gasteiger partial charge in [0, 0.05) is 37.2 Å². The van der Waals surface area contributed by atoms with E-state index in [2.05, 4.69) is 20.2 Å². The number of carbonyl (C=O) groups is 1. The number of piperidine rings is 1. The summed E-state index contributed by atoms with van der Waals surface area (Å²) in [7, 11) is 1.74. The number of aromatic amines is 1. The number of aliphatic hydroxyl groups is 1. The molecule has 0 saturated carbocycles. The van der Waals surface area contributed by atoms with E-state index in [0.29, 0.717) is 18.9 Å². The molecule has 1 amide bonds. The monoisotopic (exact) mass is 358 g/mol. The number of anilines is 1. The maximum Gasteiger partial charge on any atom is 0.226 e. The Morgan fingerprint density at radius 2 is 2.12 bits per heavy atom. The molecule has 0 spiro atoms. The average molecular weight is 358 g/mol. The van der Waals surface area contributed by atoms with Crippen LogP contribution in [0.5, 0.6) is 0 Å². The Morgan fingerprint density at radius 1 is 1.38 bits per heavy atom. The van der Waals surface area contributed by atoms with Crippen molar-refractivity contribution in [2.75, 3.05) is 31.6 Å². The molecule has 2 N–H and O–H groups in total. The standard InChI is InChI=1S/C18H26N6O2/c1-13-15(14(2)22-21-13)10-16(25)23(3)11-18(26)6-4-9-24(12-18)17-19-7-5-8-20-17/h5,7-8,26H,4,6,9-12H2,1-3H3,(H,21,22)/t18-/m0/s1. The van der Waals surface area contributed by atoms with Gasteiger partial charge in [-0.1, -0.05) is 0 Å². The third-order valence-electron chi connectivity index (χ3n) is 4.96. The molecule has 0 unspecified atom stereocenters. The second kappa shape index (κ2) is 7.41. The van der Waals surface area contributed by atoms with Gasteiger partial charge in [0.05, 0.1) is 30.8 Å². The molecular formula is C18H26N6O2. The fraction of sp³-hybridized carbons (Fsp3) is 0.556. The van der Waals surface area contributed by atoms with Crippen LogP contribution in [0.15, 0.2) is 18.5 Å². The van der Waals surface area contributed by atoms with Crippen molar-refractivity contribution >= 4 is 11.9 Å². The Balaban J connectivity index is 1.64. The molecule has 3 rings (SSSR count). The molecule has 1 aliphatic rings. The lowest BCUT2D eigenvalue weighted by Crippen LogP contribution is -2.55. The first kappa shape index (κ1) is 18.3. The zero-order valence-electron chi connectivity index (χ0n) is 15.6. The van der Waals surface area contributed by atoms with E-state index < -0.39 is 5.60 Å². The van der Waals surface area contributed by atoms with Crippen LogP contribution in [0.3, 0.4) is 0 Å². The Morgan fingerprint density at radius 3 is 2.77 bits per heavy atom. The van der Waals surface area contributed by atoms with Gasteiger partial charge in [-0.15, -0.1) is 0 Å². The van der Waals surface area contributed by atoms with Crippen LogP contribution < -0.4 is 4.90 Å². The number of likely N-dealkylation sites (N-methyl/N-ethyl adjacent to an activating group) is 1. The SMILES string of the molecule is Cc1n[nH]c(C)c1CC(=O)N(C)C[C@@]1(O)CCCN(c2ncccn2)C1. The molecule has 0 radical (unpaired) electrons. The molecule has 2 aromatic rings. The molecule has 1 atom stereocenters. The summed E-state index contributed by atoms with van der Waals surface area (Å²) in [4.78, 5) is 24.7. The van der Waals surface area contributed by atoms with Crippen molar-refractivity contribution in [2.45, 2.75) is 38.7 Å². The van der Waals surface area contributed by atoms with E-state index in [1.807, 2.05) is 18.7 Å². The van der Waals surface area contributed by atoms with Crippen LogP contribution in [-0.2, 0) is 11.2 Å². The van der Waals surface area contributed by atoms with Gasteiger partial charge in [0.25, 0.3) is 0 Å². The minimum Gasteiger partial charge on any atom is -0.386 e. The molecule has 140 valence electrons. The highest BCUT2D eigenvalue weighted by Gasteiger charge is 2.36. The highest BCUT2D eigenvalue weighted by Crippen LogP contribution is 2.25. The Labute approximate surface area is 153 Å². The summed E-state index contributed by atoms with van der Waals surface area (Å²) >= 11 is 0. The lowest BCUT2D eigenvalue weighted by atomic mass is 9.92. The Kier molecular flexibility index (Phi) is 5.22. The van der Waals surface area contributed by atoms with Gasteiger partial charge in [-0.3, -0.25) is 9.89 Å². The summed E-state index contributed by atoms with van der Waals surface area (Å²) in [6.07, 6.45) is 5.16. The number of aromatic nitrogens is 4. The predicted octanol–water partition coefficient (Wildman–Crippen LogP) is 0.849. The van der Waals surface area contributed by atoms with Crippen molar-refractivity contribution in [3.05, 3.63) is 35.4 Å². The van der Waals surface area contributed by atoms with Crippen LogP contribution in [0.2, 0.25) is 0 Å². The van der Waals surface area contributed by atoms with Crippen molar-refractivity contribution in [2.24, 2.45) is 0 Å². The van der Waals surface area contributed by atoms with E-state index >= 15 is 0 Å². The smallest absolute Gasteiger partial charge is 0.226 e. The molecule has 0 bridgehead atoms. The lowest BCUT2D eigenvalue weighted by molar-refractivity contribution is -0.132. The first-order valence-corrected chi connectivity index (χ1v) is 8.87. The van der Waals surface area contributed by atoms with E-state index in [1.165, 1.54) is 0 Å². The van der Waals surface area contributed by atoms with Crippen molar-refractivity contribution in [3.63, 3.8) is 0 Å². The molecule has 8 heteroatoms. The summed E-state index contributed by atoms with van der Waals surface area (Å²) in [5, 5.41) is 18.1. The fourth-order valence-corrected chi connectivity index (χ4v) is 3.52. The van der Waals surface area contributed by atoms with Crippen molar-refractivity contribution < 1.29 is 9.90 Å². The molecule has 0 aliphatic carbocycles. The second-order valence-corrected chi connectivity index (χ2v) is 7.14. The molecule has 3 heterocycles. The van der Waals surface area contributed by atoms with E-state index in [1.54, 1.807) is 30.4 Å². The molecule has 2 aromatic heterocycles. The lowest BCUT2D eigenvalue weighted by Gasteiger charge is -2.41. The Bertz CT molecular complexity index is 743. The number of amides is 1. The fourth-order valence-electron chi connectivity index (χ4n) is 3.52. The largest absolute Gasteiger partial charge is 0.386 e. The van der Waals surface area contributed by atoms with E-state index in [4.69, 9.17) is 0 Å². The van der Waals surface area contributed by atoms with Gasteiger partial charge in [-0.05, 0) is 32.8 Å². The van der Waals surface area contributed by atoms with Gasteiger partial charge in [-0.25, -0.2) is 9.97 Å². The summed E-state index contributed by atoms with van der Waals surface area (Å²) in [6.45, 7) is 5.30.